The molecule has 0 aromatic carbocycles. The predicted molar refractivity (Wildman–Crippen MR) is 65.8 cm³/mol. The molecule has 5 nitrogen and oxygen atoms in total. The van der Waals surface area contributed by atoms with Crippen molar-refractivity contribution in [1.29, 1.82) is 0 Å². The first-order valence-electron chi connectivity index (χ1n) is 5.10. The molecule has 0 fully saturated rings. The number of hydrogen-bond donors (Lipinski definition) is 2. The number of aromatic nitrogens is 3. The third kappa shape index (κ3) is 2.92. The molecule has 2 rings (SSSR count). The van der Waals surface area contributed by atoms with Gasteiger partial charge in [0.05, 0.1) is 0 Å². The van der Waals surface area contributed by atoms with Gasteiger partial charge < -0.3 is 10.7 Å². The molecule has 0 spiro atoms. The van der Waals surface area contributed by atoms with Crippen molar-refractivity contribution in [2.75, 3.05) is 0 Å². The van der Waals surface area contributed by atoms with Gasteiger partial charge in [0, 0.05) is 30.1 Å². The molecular formula is C11H12N4OS. The van der Waals surface area contributed by atoms with Crippen LogP contribution in [0, 0.1) is 0 Å². The van der Waals surface area contributed by atoms with Gasteiger partial charge in [-0.3, -0.25) is 4.79 Å². The van der Waals surface area contributed by atoms with Crippen LogP contribution >= 0.6 is 11.8 Å². The van der Waals surface area contributed by atoms with Gasteiger partial charge in [0.2, 0.25) is 0 Å². The van der Waals surface area contributed by atoms with Crippen molar-refractivity contribution in [1.82, 2.24) is 15.0 Å². The van der Waals surface area contributed by atoms with Crippen LogP contribution in [0.3, 0.4) is 0 Å². The lowest BCUT2D eigenvalue weighted by Gasteiger charge is -2.09. The quantitative estimate of drug-likeness (QED) is 0.801. The fourth-order valence-corrected chi connectivity index (χ4v) is 2.26. The zero-order chi connectivity index (χ0) is 12.3. The van der Waals surface area contributed by atoms with Crippen LogP contribution < -0.4 is 11.3 Å². The Balaban J connectivity index is 2.33. The summed E-state index contributed by atoms with van der Waals surface area (Å²) in [5.41, 5.74) is 6.61. The van der Waals surface area contributed by atoms with E-state index >= 15 is 0 Å². The molecule has 0 saturated heterocycles. The van der Waals surface area contributed by atoms with E-state index in [1.54, 1.807) is 6.20 Å². The second-order valence-corrected chi connectivity index (χ2v) is 4.51. The van der Waals surface area contributed by atoms with Crippen LogP contribution in [0.25, 0.3) is 0 Å². The standard InChI is InChI=1S/C11H12N4OS/c1-7(12)8-3-2-5-13-10(8)17-11-14-6-4-9(16)15-11/h2-7H,12H2,1H3,(H,14,15,16)/t7-/m1/s1. The number of nitrogens with one attached hydrogen (secondary N) is 1. The number of nitrogens with two attached hydrogens (primary N) is 1. The number of rotatable bonds is 3. The Labute approximate surface area is 103 Å². The highest BCUT2D eigenvalue weighted by Gasteiger charge is 2.09. The van der Waals surface area contributed by atoms with E-state index in [0.717, 1.165) is 10.6 Å². The van der Waals surface area contributed by atoms with Crippen LogP contribution in [0.4, 0.5) is 0 Å². The lowest BCUT2D eigenvalue weighted by molar-refractivity contribution is 0.778. The molecule has 2 aromatic heterocycles. The highest BCUT2D eigenvalue weighted by atomic mass is 32.2. The summed E-state index contributed by atoms with van der Waals surface area (Å²) in [6.07, 6.45) is 3.16. The van der Waals surface area contributed by atoms with E-state index in [1.165, 1.54) is 24.0 Å². The summed E-state index contributed by atoms with van der Waals surface area (Å²) in [5.74, 6) is 0. The maximum atomic E-state index is 11.1. The number of hydrogen-bond acceptors (Lipinski definition) is 5. The van der Waals surface area contributed by atoms with E-state index < -0.39 is 0 Å². The summed E-state index contributed by atoms with van der Waals surface area (Å²) in [5, 5.41) is 1.27. The zero-order valence-corrected chi connectivity index (χ0v) is 10.1. The molecule has 3 N–H and O–H groups in total. The Hall–Kier alpha value is -1.66. The highest BCUT2D eigenvalue weighted by molar-refractivity contribution is 7.99. The molecule has 0 amide bonds. The maximum Gasteiger partial charge on any atom is 0.251 e. The lowest BCUT2D eigenvalue weighted by atomic mass is 10.2. The second kappa shape index (κ2) is 5.11. The Bertz CT molecular complexity index is 567. The van der Waals surface area contributed by atoms with Crippen LogP contribution in [-0.4, -0.2) is 15.0 Å². The van der Waals surface area contributed by atoms with E-state index in [4.69, 9.17) is 5.73 Å². The van der Waals surface area contributed by atoms with Crippen LogP contribution in [0.1, 0.15) is 18.5 Å². The Morgan fingerprint density at radius 1 is 1.35 bits per heavy atom. The van der Waals surface area contributed by atoms with Crippen LogP contribution in [0.2, 0.25) is 0 Å². The highest BCUT2D eigenvalue weighted by Crippen LogP contribution is 2.27. The van der Waals surface area contributed by atoms with Gasteiger partial charge >= 0.3 is 0 Å². The molecule has 0 unspecified atom stereocenters. The molecule has 2 heterocycles. The molecule has 2 aromatic rings. The van der Waals surface area contributed by atoms with Crippen molar-refractivity contribution in [3.8, 4) is 0 Å². The number of H-pyrrole nitrogens is 1. The van der Waals surface area contributed by atoms with Gasteiger partial charge in [-0.25, -0.2) is 9.97 Å². The number of nitrogens with zero attached hydrogens (tertiary/aromatic N) is 2. The van der Waals surface area contributed by atoms with Gasteiger partial charge in [-0.15, -0.1) is 0 Å². The Kier molecular flexibility index (Phi) is 3.55. The summed E-state index contributed by atoms with van der Waals surface area (Å²) in [6.45, 7) is 1.89. The molecule has 6 heteroatoms. The Morgan fingerprint density at radius 2 is 2.18 bits per heavy atom. The van der Waals surface area contributed by atoms with Crippen molar-refractivity contribution >= 4 is 11.8 Å². The second-order valence-electron chi connectivity index (χ2n) is 3.53. The fraction of sp³-hybridized carbons (Fsp3) is 0.182. The third-order valence-electron chi connectivity index (χ3n) is 2.13. The van der Waals surface area contributed by atoms with Crippen molar-refractivity contribution in [3.05, 3.63) is 46.5 Å². The molecule has 88 valence electrons. The summed E-state index contributed by atoms with van der Waals surface area (Å²) < 4.78 is 0. The van der Waals surface area contributed by atoms with Crippen LogP contribution in [0.15, 0.2) is 45.6 Å². The van der Waals surface area contributed by atoms with Gasteiger partial charge in [-0.1, -0.05) is 6.07 Å². The van der Waals surface area contributed by atoms with Crippen molar-refractivity contribution < 1.29 is 0 Å². The minimum atomic E-state index is -0.180. The summed E-state index contributed by atoms with van der Waals surface area (Å²) in [4.78, 5) is 22.1. The fourth-order valence-electron chi connectivity index (χ4n) is 1.33. The van der Waals surface area contributed by atoms with Crippen molar-refractivity contribution in [3.63, 3.8) is 0 Å². The van der Waals surface area contributed by atoms with Gasteiger partial charge in [0.1, 0.15) is 5.03 Å². The van der Waals surface area contributed by atoms with Crippen molar-refractivity contribution in [2.45, 2.75) is 23.1 Å². The summed E-state index contributed by atoms with van der Waals surface area (Å²) >= 11 is 1.30. The average molecular weight is 248 g/mol. The SMILES string of the molecule is C[C@@H](N)c1cccnc1Sc1nccc(=O)[nH]1. The van der Waals surface area contributed by atoms with Crippen molar-refractivity contribution in [2.24, 2.45) is 5.73 Å². The lowest BCUT2D eigenvalue weighted by Crippen LogP contribution is -2.08. The molecule has 1 atom stereocenters. The monoisotopic (exact) mass is 248 g/mol. The number of aromatic amines is 1. The zero-order valence-electron chi connectivity index (χ0n) is 9.25. The van der Waals surface area contributed by atoms with E-state index in [0.29, 0.717) is 5.16 Å². The normalized spacial score (nSPS) is 12.4. The minimum Gasteiger partial charge on any atom is -0.324 e. The molecule has 0 aliphatic rings. The third-order valence-corrected chi connectivity index (χ3v) is 3.07. The molecule has 0 bridgehead atoms. The number of pyridine rings is 1. The first-order valence-corrected chi connectivity index (χ1v) is 5.92. The van der Waals surface area contributed by atoms with E-state index in [-0.39, 0.29) is 11.6 Å². The molecule has 0 aliphatic heterocycles. The first-order chi connectivity index (χ1) is 8.16. The first kappa shape index (κ1) is 11.8. The summed E-state index contributed by atoms with van der Waals surface area (Å²) in [6, 6.07) is 5.02. The van der Waals surface area contributed by atoms with E-state index in [1.807, 2.05) is 19.1 Å². The maximum absolute atomic E-state index is 11.1. The van der Waals surface area contributed by atoms with Crippen LogP contribution in [0.5, 0.6) is 0 Å². The molecule has 17 heavy (non-hydrogen) atoms. The predicted octanol–water partition coefficient (Wildman–Crippen LogP) is 1.34. The van der Waals surface area contributed by atoms with Gasteiger partial charge in [-0.05, 0) is 24.8 Å². The molecule has 0 saturated carbocycles. The van der Waals surface area contributed by atoms with Gasteiger partial charge in [0.15, 0.2) is 5.16 Å². The van der Waals surface area contributed by atoms with E-state index in [2.05, 4.69) is 15.0 Å². The average Bonchev–Trinajstić information content (AvgIpc) is 2.29. The topological polar surface area (TPSA) is 84.7 Å². The van der Waals surface area contributed by atoms with Gasteiger partial charge in [0.25, 0.3) is 5.56 Å². The minimum absolute atomic E-state index is 0.110. The van der Waals surface area contributed by atoms with Gasteiger partial charge in [-0.2, -0.15) is 0 Å². The molecular weight excluding hydrogens is 236 g/mol. The van der Waals surface area contributed by atoms with E-state index in [9.17, 15) is 4.79 Å². The largest absolute Gasteiger partial charge is 0.324 e. The molecule has 0 radical (unpaired) electrons. The Morgan fingerprint density at radius 3 is 2.88 bits per heavy atom. The van der Waals surface area contributed by atoms with Crippen LogP contribution in [-0.2, 0) is 0 Å². The molecule has 0 aliphatic carbocycles. The summed E-state index contributed by atoms with van der Waals surface area (Å²) in [7, 11) is 0. The smallest absolute Gasteiger partial charge is 0.251 e.